The molecule has 0 amide bonds. The Morgan fingerprint density at radius 3 is 2.59 bits per heavy atom. The SMILES string of the molecule is C[C@H](c1ccccc1)C1CC(N)Cc2c1[nH]c1ccccc21. The van der Waals surface area contributed by atoms with E-state index in [0.717, 1.165) is 12.8 Å². The van der Waals surface area contributed by atoms with Crippen LogP contribution in [-0.4, -0.2) is 11.0 Å². The summed E-state index contributed by atoms with van der Waals surface area (Å²) in [4.78, 5) is 3.68. The van der Waals surface area contributed by atoms with Gasteiger partial charge in [-0.2, -0.15) is 0 Å². The molecule has 0 aliphatic heterocycles. The number of nitrogens with one attached hydrogen (secondary N) is 1. The fourth-order valence-electron chi connectivity index (χ4n) is 3.99. The highest BCUT2D eigenvalue weighted by Gasteiger charge is 2.32. The van der Waals surface area contributed by atoms with Gasteiger partial charge in [0.2, 0.25) is 0 Å². The summed E-state index contributed by atoms with van der Waals surface area (Å²) >= 11 is 0. The van der Waals surface area contributed by atoms with Crippen LogP contribution in [0.25, 0.3) is 10.9 Å². The fraction of sp³-hybridized carbons (Fsp3) is 0.300. The molecule has 1 aliphatic rings. The minimum absolute atomic E-state index is 0.253. The number of para-hydroxylation sites is 1. The van der Waals surface area contributed by atoms with Gasteiger partial charge in [-0.25, -0.2) is 0 Å². The quantitative estimate of drug-likeness (QED) is 0.724. The normalized spacial score (nSPS) is 22.5. The number of H-pyrrole nitrogens is 1. The van der Waals surface area contributed by atoms with Crippen LogP contribution in [0.15, 0.2) is 54.6 Å². The van der Waals surface area contributed by atoms with Gasteiger partial charge >= 0.3 is 0 Å². The van der Waals surface area contributed by atoms with E-state index < -0.39 is 0 Å². The summed E-state index contributed by atoms with van der Waals surface area (Å²) in [7, 11) is 0. The highest BCUT2D eigenvalue weighted by atomic mass is 14.8. The molecule has 2 nitrogen and oxygen atoms in total. The number of nitrogens with two attached hydrogens (primary N) is 1. The van der Waals surface area contributed by atoms with Crippen molar-refractivity contribution in [3.63, 3.8) is 0 Å². The number of rotatable bonds is 2. The zero-order chi connectivity index (χ0) is 15.1. The topological polar surface area (TPSA) is 41.8 Å². The molecule has 2 heteroatoms. The summed E-state index contributed by atoms with van der Waals surface area (Å²) in [5.41, 5.74) is 11.9. The third-order valence-corrected chi connectivity index (χ3v) is 5.17. The van der Waals surface area contributed by atoms with Crippen LogP contribution in [0.3, 0.4) is 0 Å². The van der Waals surface area contributed by atoms with Crippen LogP contribution in [0.4, 0.5) is 0 Å². The summed E-state index contributed by atoms with van der Waals surface area (Å²) in [6, 6.07) is 19.6. The molecule has 1 aliphatic carbocycles. The molecule has 0 saturated carbocycles. The lowest BCUT2D eigenvalue weighted by molar-refractivity contribution is 0.437. The minimum Gasteiger partial charge on any atom is -0.358 e. The number of hydrogen-bond donors (Lipinski definition) is 2. The van der Waals surface area contributed by atoms with Crippen molar-refractivity contribution in [1.29, 1.82) is 0 Å². The van der Waals surface area contributed by atoms with E-state index in [9.17, 15) is 0 Å². The first-order valence-corrected chi connectivity index (χ1v) is 8.14. The van der Waals surface area contributed by atoms with Crippen molar-refractivity contribution in [2.75, 3.05) is 0 Å². The van der Waals surface area contributed by atoms with E-state index in [0.29, 0.717) is 11.8 Å². The number of hydrogen-bond acceptors (Lipinski definition) is 1. The largest absolute Gasteiger partial charge is 0.358 e. The molecule has 1 aromatic heterocycles. The summed E-state index contributed by atoms with van der Waals surface area (Å²) in [6.45, 7) is 2.33. The Balaban J connectivity index is 1.82. The molecule has 1 heterocycles. The number of aromatic amines is 1. The molecule has 112 valence electrons. The lowest BCUT2D eigenvalue weighted by Gasteiger charge is -2.32. The van der Waals surface area contributed by atoms with E-state index in [-0.39, 0.29) is 6.04 Å². The average molecular weight is 290 g/mol. The van der Waals surface area contributed by atoms with E-state index in [1.807, 2.05) is 0 Å². The van der Waals surface area contributed by atoms with Crippen molar-refractivity contribution in [3.8, 4) is 0 Å². The summed E-state index contributed by atoms with van der Waals surface area (Å²) < 4.78 is 0. The Morgan fingerprint density at radius 2 is 1.77 bits per heavy atom. The molecule has 3 N–H and O–H groups in total. The van der Waals surface area contributed by atoms with E-state index in [1.54, 1.807) is 0 Å². The molecular formula is C20H22N2. The number of benzene rings is 2. The van der Waals surface area contributed by atoms with Gasteiger partial charge in [0.25, 0.3) is 0 Å². The molecule has 3 aromatic rings. The molecule has 4 rings (SSSR count). The molecule has 0 spiro atoms. The van der Waals surface area contributed by atoms with Crippen LogP contribution in [0, 0.1) is 0 Å². The third-order valence-electron chi connectivity index (χ3n) is 5.17. The van der Waals surface area contributed by atoms with E-state index in [1.165, 1.54) is 27.7 Å². The lowest BCUT2D eigenvalue weighted by Crippen LogP contribution is -2.32. The Bertz CT molecular complexity index is 788. The standard InChI is InChI=1S/C20H22N2/c1-13(14-7-3-2-4-8-14)17-11-15(21)12-18-16-9-5-6-10-19(16)22-20(17)18/h2-10,13,15,17,22H,11-12,21H2,1H3/t13-,15?,17?/m1/s1. The summed E-state index contributed by atoms with van der Waals surface area (Å²) in [5, 5.41) is 1.35. The van der Waals surface area contributed by atoms with Gasteiger partial charge in [-0.15, -0.1) is 0 Å². The van der Waals surface area contributed by atoms with Crippen molar-refractivity contribution in [3.05, 3.63) is 71.4 Å². The second kappa shape index (κ2) is 5.29. The van der Waals surface area contributed by atoms with Crippen molar-refractivity contribution >= 4 is 10.9 Å². The van der Waals surface area contributed by atoms with Gasteiger partial charge in [0.15, 0.2) is 0 Å². The summed E-state index contributed by atoms with van der Waals surface area (Å²) in [6.07, 6.45) is 2.03. The summed E-state index contributed by atoms with van der Waals surface area (Å²) in [5.74, 6) is 0.938. The van der Waals surface area contributed by atoms with Gasteiger partial charge in [-0.1, -0.05) is 55.5 Å². The average Bonchev–Trinajstić information content (AvgIpc) is 2.93. The van der Waals surface area contributed by atoms with Gasteiger partial charge in [-0.05, 0) is 36.0 Å². The first kappa shape index (κ1) is 13.6. The maximum absolute atomic E-state index is 6.39. The third kappa shape index (κ3) is 2.15. The van der Waals surface area contributed by atoms with Gasteiger partial charge in [-0.3, -0.25) is 0 Å². The molecule has 2 unspecified atom stereocenters. The Hall–Kier alpha value is -2.06. The van der Waals surface area contributed by atoms with E-state index >= 15 is 0 Å². The number of aromatic nitrogens is 1. The van der Waals surface area contributed by atoms with E-state index in [2.05, 4.69) is 66.5 Å². The highest BCUT2D eigenvalue weighted by Crippen LogP contribution is 2.43. The maximum Gasteiger partial charge on any atom is 0.0459 e. The van der Waals surface area contributed by atoms with Gasteiger partial charge in [0, 0.05) is 28.6 Å². The van der Waals surface area contributed by atoms with Crippen LogP contribution >= 0.6 is 0 Å². The van der Waals surface area contributed by atoms with Crippen LogP contribution in [-0.2, 0) is 6.42 Å². The zero-order valence-electron chi connectivity index (χ0n) is 12.9. The molecule has 22 heavy (non-hydrogen) atoms. The molecule has 0 saturated heterocycles. The molecule has 0 fully saturated rings. The maximum atomic E-state index is 6.39. The Morgan fingerprint density at radius 1 is 1.05 bits per heavy atom. The van der Waals surface area contributed by atoms with Crippen molar-refractivity contribution in [1.82, 2.24) is 4.98 Å². The molecule has 0 bridgehead atoms. The molecule has 0 radical (unpaired) electrons. The van der Waals surface area contributed by atoms with Crippen LogP contribution in [0.5, 0.6) is 0 Å². The van der Waals surface area contributed by atoms with Crippen LogP contribution < -0.4 is 5.73 Å². The second-order valence-electron chi connectivity index (χ2n) is 6.57. The van der Waals surface area contributed by atoms with Gasteiger partial charge in [0.1, 0.15) is 0 Å². The number of fused-ring (bicyclic) bond motifs is 3. The van der Waals surface area contributed by atoms with Crippen molar-refractivity contribution in [2.45, 2.75) is 37.6 Å². The van der Waals surface area contributed by atoms with Gasteiger partial charge < -0.3 is 10.7 Å². The predicted octanol–water partition coefficient (Wildman–Crippen LogP) is 4.33. The minimum atomic E-state index is 0.253. The van der Waals surface area contributed by atoms with Gasteiger partial charge in [0.05, 0.1) is 0 Å². The first-order chi connectivity index (χ1) is 10.7. The van der Waals surface area contributed by atoms with Crippen molar-refractivity contribution < 1.29 is 0 Å². The fourth-order valence-corrected chi connectivity index (χ4v) is 3.99. The molecular weight excluding hydrogens is 268 g/mol. The Labute approximate surface area is 131 Å². The monoisotopic (exact) mass is 290 g/mol. The predicted molar refractivity (Wildman–Crippen MR) is 92.2 cm³/mol. The van der Waals surface area contributed by atoms with E-state index in [4.69, 9.17) is 5.73 Å². The highest BCUT2D eigenvalue weighted by molar-refractivity contribution is 5.85. The van der Waals surface area contributed by atoms with Crippen molar-refractivity contribution in [2.24, 2.45) is 5.73 Å². The smallest absolute Gasteiger partial charge is 0.0459 e. The Kier molecular flexibility index (Phi) is 3.27. The van der Waals surface area contributed by atoms with Crippen LogP contribution in [0.2, 0.25) is 0 Å². The zero-order valence-corrected chi connectivity index (χ0v) is 12.9. The second-order valence-corrected chi connectivity index (χ2v) is 6.57. The first-order valence-electron chi connectivity index (χ1n) is 8.14. The van der Waals surface area contributed by atoms with Crippen LogP contribution in [0.1, 0.15) is 42.0 Å². The lowest BCUT2D eigenvalue weighted by atomic mass is 9.75. The molecule has 2 aromatic carbocycles. The molecule has 3 atom stereocenters.